The van der Waals surface area contributed by atoms with Crippen LogP contribution in [-0.2, 0) is 0 Å². The number of hydrogen-bond donors (Lipinski definition) is 2. The number of aryl methyl sites for hydroxylation is 2. The Morgan fingerprint density at radius 1 is 1.11 bits per heavy atom. The molecule has 0 unspecified atom stereocenters. The average Bonchev–Trinajstić information content (AvgIpc) is 2.67. The summed E-state index contributed by atoms with van der Waals surface area (Å²) >= 11 is 6.25. The van der Waals surface area contributed by atoms with Crippen molar-refractivity contribution in [3.63, 3.8) is 0 Å². The molecular formula is C21H21ClN4O2. The largest absolute Gasteiger partial charge is 0.494 e. The lowest BCUT2D eigenvalue weighted by Crippen LogP contribution is -2.14. The molecule has 6 nitrogen and oxygen atoms in total. The Bertz CT molecular complexity index is 950. The van der Waals surface area contributed by atoms with Crippen molar-refractivity contribution >= 4 is 34.8 Å². The maximum Gasteiger partial charge on any atom is 0.258 e. The molecule has 0 atom stereocenters. The summed E-state index contributed by atoms with van der Waals surface area (Å²) in [5, 5.41) is 6.41. The van der Waals surface area contributed by atoms with Gasteiger partial charge in [0.25, 0.3) is 5.91 Å². The van der Waals surface area contributed by atoms with Gasteiger partial charge < -0.3 is 15.4 Å². The average molecular weight is 397 g/mol. The lowest BCUT2D eigenvalue weighted by molar-refractivity contribution is 0.102. The molecule has 28 heavy (non-hydrogen) atoms. The summed E-state index contributed by atoms with van der Waals surface area (Å²) in [6.45, 7) is 6.40. The molecule has 0 bridgehead atoms. The third-order valence-electron chi connectivity index (χ3n) is 4.01. The van der Waals surface area contributed by atoms with Crippen LogP contribution < -0.4 is 15.4 Å². The molecule has 1 heterocycles. The highest BCUT2D eigenvalue weighted by Gasteiger charge is 2.12. The molecule has 0 aliphatic heterocycles. The third kappa shape index (κ3) is 4.78. The Morgan fingerprint density at radius 2 is 1.79 bits per heavy atom. The topological polar surface area (TPSA) is 76.1 Å². The number of amides is 1. The van der Waals surface area contributed by atoms with Gasteiger partial charge in [0.2, 0.25) is 5.95 Å². The fourth-order valence-corrected chi connectivity index (χ4v) is 3.07. The van der Waals surface area contributed by atoms with E-state index in [1.807, 2.05) is 57.2 Å². The van der Waals surface area contributed by atoms with Gasteiger partial charge in [0.15, 0.2) is 0 Å². The van der Waals surface area contributed by atoms with Crippen molar-refractivity contribution in [2.45, 2.75) is 20.8 Å². The second kappa shape index (κ2) is 8.71. The Morgan fingerprint density at radius 3 is 2.39 bits per heavy atom. The fourth-order valence-electron chi connectivity index (χ4n) is 2.70. The molecule has 2 N–H and O–H groups in total. The maximum absolute atomic E-state index is 12.5. The van der Waals surface area contributed by atoms with E-state index in [1.165, 1.54) is 12.4 Å². The summed E-state index contributed by atoms with van der Waals surface area (Å²) in [6, 6.07) is 11.2. The molecule has 7 heteroatoms. The van der Waals surface area contributed by atoms with E-state index in [-0.39, 0.29) is 5.91 Å². The zero-order chi connectivity index (χ0) is 20.1. The van der Waals surface area contributed by atoms with Gasteiger partial charge in [-0.1, -0.05) is 17.7 Å². The number of ether oxygens (including phenoxy) is 1. The van der Waals surface area contributed by atoms with Crippen LogP contribution in [0, 0.1) is 13.8 Å². The summed E-state index contributed by atoms with van der Waals surface area (Å²) in [5.41, 5.74) is 3.69. The lowest BCUT2D eigenvalue weighted by atomic mass is 10.1. The number of benzene rings is 2. The monoisotopic (exact) mass is 396 g/mol. The van der Waals surface area contributed by atoms with Crippen molar-refractivity contribution in [1.82, 2.24) is 9.97 Å². The summed E-state index contributed by atoms with van der Waals surface area (Å²) in [4.78, 5) is 20.9. The molecule has 2 aromatic carbocycles. The SMILES string of the molecule is CCOc1ccc(Nc2ncc(C(=O)Nc3c(C)cc(C)cc3Cl)cn2)cc1. The van der Waals surface area contributed by atoms with Crippen LogP contribution in [0.2, 0.25) is 5.02 Å². The Balaban J connectivity index is 1.67. The van der Waals surface area contributed by atoms with E-state index in [0.717, 1.165) is 22.6 Å². The predicted octanol–water partition coefficient (Wildman–Crippen LogP) is 5.14. The summed E-state index contributed by atoms with van der Waals surface area (Å²) in [6.07, 6.45) is 2.94. The standard InChI is InChI=1S/C21H21ClN4O2/c1-4-28-17-7-5-16(6-8-17)25-21-23-11-15(12-24-21)20(27)26-19-14(3)9-13(2)10-18(19)22/h5-12H,4H2,1-3H3,(H,26,27)(H,23,24,25). The molecule has 0 saturated heterocycles. The first-order valence-electron chi connectivity index (χ1n) is 8.86. The highest BCUT2D eigenvalue weighted by atomic mass is 35.5. The molecule has 3 aromatic rings. The number of anilines is 3. The zero-order valence-corrected chi connectivity index (χ0v) is 16.7. The van der Waals surface area contributed by atoms with E-state index in [1.54, 1.807) is 0 Å². The van der Waals surface area contributed by atoms with Gasteiger partial charge in [-0.2, -0.15) is 0 Å². The first kappa shape index (κ1) is 19.6. The van der Waals surface area contributed by atoms with Crippen molar-refractivity contribution in [2.75, 3.05) is 17.2 Å². The van der Waals surface area contributed by atoms with Gasteiger partial charge in [-0.05, 0) is 62.2 Å². The van der Waals surface area contributed by atoms with Crippen LogP contribution in [0.4, 0.5) is 17.3 Å². The molecule has 0 spiro atoms. The smallest absolute Gasteiger partial charge is 0.258 e. The fraction of sp³-hybridized carbons (Fsp3) is 0.190. The molecule has 0 radical (unpaired) electrons. The minimum atomic E-state index is -0.318. The zero-order valence-electron chi connectivity index (χ0n) is 15.9. The van der Waals surface area contributed by atoms with Gasteiger partial charge in [0.1, 0.15) is 5.75 Å². The molecule has 3 rings (SSSR count). The second-order valence-corrected chi connectivity index (χ2v) is 6.68. The van der Waals surface area contributed by atoms with E-state index in [9.17, 15) is 4.79 Å². The highest BCUT2D eigenvalue weighted by molar-refractivity contribution is 6.34. The van der Waals surface area contributed by atoms with Gasteiger partial charge in [0.05, 0.1) is 22.9 Å². The van der Waals surface area contributed by atoms with E-state index in [0.29, 0.717) is 28.8 Å². The minimum Gasteiger partial charge on any atom is -0.494 e. The minimum absolute atomic E-state index is 0.318. The van der Waals surface area contributed by atoms with Crippen LogP contribution in [0.15, 0.2) is 48.8 Å². The molecular weight excluding hydrogens is 376 g/mol. The van der Waals surface area contributed by atoms with Crippen molar-refractivity contribution in [2.24, 2.45) is 0 Å². The Kier molecular flexibility index (Phi) is 6.11. The summed E-state index contributed by atoms with van der Waals surface area (Å²) in [5.74, 6) is 0.873. The molecule has 1 aromatic heterocycles. The number of aromatic nitrogens is 2. The van der Waals surface area contributed by atoms with E-state index in [2.05, 4.69) is 20.6 Å². The molecule has 1 amide bonds. The van der Waals surface area contributed by atoms with Crippen molar-refractivity contribution < 1.29 is 9.53 Å². The first-order chi connectivity index (χ1) is 13.5. The second-order valence-electron chi connectivity index (χ2n) is 6.27. The van der Waals surface area contributed by atoms with Gasteiger partial charge in [-0.15, -0.1) is 0 Å². The van der Waals surface area contributed by atoms with Crippen molar-refractivity contribution in [3.05, 3.63) is 70.5 Å². The molecule has 0 aliphatic rings. The van der Waals surface area contributed by atoms with Crippen LogP contribution in [0.25, 0.3) is 0 Å². The van der Waals surface area contributed by atoms with Gasteiger partial charge in [-0.3, -0.25) is 4.79 Å². The Labute approximate surface area is 168 Å². The van der Waals surface area contributed by atoms with Crippen LogP contribution in [0.1, 0.15) is 28.4 Å². The molecule has 0 fully saturated rings. The van der Waals surface area contributed by atoms with Crippen LogP contribution in [0.3, 0.4) is 0 Å². The predicted molar refractivity (Wildman–Crippen MR) is 112 cm³/mol. The van der Waals surface area contributed by atoms with Crippen LogP contribution in [0.5, 0.6) is 5.75 Å². The quantitative estimate of drug-likeness (QED) is 0.603. The van der Waals surface area contributed by atoms with E-state index < -0.39 is 0 Å². The van der Waals surface area contributed by atoms with Crippen molar-refractivity contribution in [1.29, 1.82) is 0 Å². The number of carbonyl (C=O) groups excluding carboxylic acids is 1. The van der Waals surface area contributed by atoms with E-state index >= 15 is 0 Å². The molecule has 144 valence electrons. The number of rotatable bonds is 6. The lowest BCUT2D eigenvalue weighted by Gasteiger charge is -2.11. The molecule has 0 saturated carbocycles. The van der Waals surface area contributed by atoms with Gasteiger partial charge in [0, 0.05) is 18.1 Å². The number of carbonyl (C=O) groups is 1. The van der Waals surface area contributed by atoms with E-state index in [4.69, 9.17) is 16.3 Å². The third-order valence-corrected chi connectivity index (χ3v) is 4.30. The number of halogens is 1. The number of hydrogen-bond acceptors (Lipinski definition) is 5. The summed E-state index contributed by atoms with van der Waals surface area (Å²) in [7, 11) is 0. The van der Waals surface area contributed by atoms with Crippen LogP contribution in [-0.4, -0.2) is 22.5 Å². The highest BCUT2D eigenvalue weighted by Crippen LogP contribution is 2.27. The Hall–Kier alpha value is -3.12. The maximum atomic E-state index is 12.5. The normalized spacial score (nSPS) is 10.4. The van der Waals surface area contributed by atoms with Gasteiger partial charge in [-0.25, -0.2) is 9.97 Å². The van der Waals surface area contributed by atoms with Gasteiger partial charge >= 0.3 is 0 Å². The van der Waals surface area contributed by atoms with Crippen LogP contribution >= 0.6 is 11.6 Å². The first-order valence-corrected chi connectivity index (χ1v) is 9.24. The van der Waals surface area contributed by atoms with Crippen molar-refractivity contribution in [3.8, 4) is 5.75 Å². The number of nitrogens with one attached hydrogen (secondary N) is 2. The summed E-state index contributed by atoms with van der Waals surface area (Å²) < 4.78 is 5.41. The number of nitrogens with zero attached hydrogens (tertiary/aromatic N) is 2. The molecule has 0 aliphatic carbocycles.